The van der Waals surface area contributed by atoms with Crippen LogP contribution in [0.25, 0.3) is 22.4 Å². The Morgan fingerprint density at radius 3 is 2.69 bits per heavy atom. The van der Waals surface area contributed by atoms with Crippen LogP contribution in [0.2, 0.25) is 0 Å². The number of ether oxygens (including phenoxy) is 2. The summed E-state index contributed by atoms with van der Waals surface area (Å²) < 4.78 is 14.7. The van der Waals surface area contributed by atoms with Gasteiger partial charge in [-0.2, -0.15) is 0 Å². The number of morpholine rings is 1. The first-order valence-electron chi connectivity index (χ1n) is 11.7. The molecule has 3 aliphatic heterocycles. The van der Waals surface area contributed by atoms with E-state index in [1.54, 1.807) is 7.11 Å². The number of hydrogen-bond donors (Lipinski definition) is 0. The quantitative estimate of drug-likeness (QED) is 0.612. The summed E-state index contributed by atoms with van der Waals surface area (Å²) in [5, 5.41) is 0. The number of aromatic nitrogens is 3. The smallest absolute Gasteiger partial charge is 0.144 e. The molecule has 2 fully saturated rings. The lowest BCUT2D eigenvalue weighted by Gasteiger charge is -2.38. The van der Waals surface area contributed by atoms with E-state index in [2.05, 4.69) is 47.4 Å². The molecule has 32 heavy (non-hydrogen) atoms. The van der Waals surface area contributed by atoms with Crippen LogP contribution in [0.3, 0.4) is 0 Å². The van der Waals surface area contributed by atoms with Crippen LogP contribution in [0, 0.1) is 0 Å². The van der Waals surface area contributed by atoms with Gasteiger partial charge < -0.3 is 23.8 Å². The van der Waals surface area contributed by atoms with E-state index in [9.17, 15) is 0 Å². The van der Waals surface area contributed by atoms with Crippen molar-refractivity contribution < 1.29 is 9.47 Å². The third kappa shape index (κ3) is 3.02. The lowest BCUT2D eigenvalue weighted by atomic mass is 10.0. The van der Waals surface area contributed by atoms with Gasteiger partial charge in [-0.15, -0.1) is 0 Å². The average Bonchev–Trinajstić information content (AvgIpc) is 3.32. The third-order valence-electron chi connectivity index (χ3n) is 7.38. The van der Waals surface area contributed by atoms with E-state index in [0.717, 1.165) is 53.6 Å². The summed E-state index contributed by atoms with van der Waals surface area (Å²) >= 11 is 0. The van der Waals surface area contributed by atoms with Crippen LogP contribution < -0.4 is 9.64 Å². The number of methoxy groups -OCH3 is 1. The van der Waals surface area contributed by atoms with Gasteiger partial charge in [-0.3, -0.25) is 0 Å². The highest BCUT2D eigenvalue weighted by atomic mass is 16.5. The molecule has 168 valence electrons. The molecular weight excluding hydrogens is 402 g/mol. The molecule has 1 aromatic carbocycles. The predicted octanol–water partition coefficient (Wildman–Crippen LogP) is 3.87. The molecule has 0 spiro atoms. The zero-order valence-corrected chi connectivity index (χ0v) is 19.3. The molecule has 6 rings (SSSR count). The fourth-order valence-electron chi connectivity index (χ4n) is 5.88. The predicted molar refractivity (Wildman–Crippen MR) is 125 cm³/mol. The normalized spacial score (nSPS) is 27.7. The molecule has 3 aromatic rings. The highest BCUT2D eigenvalue weighted by Crippen LogP contribution is 2.41. The molecule has 2 aromatic heterocycles. The third-order valence-corrected chi connectivity index (χ3v) is 7.38. The second kappa shape index (κ2) is 7.46. The Balaban J connectivity index is 1.59. The summed E-state index contributed by atoms with van der Waals surface area (Å²) in [5.74, 6) is 2.85. The van der Waals surface area contributed by atoms with E-state index in [0.29, 0.717) is 12.1 Å². The second-order valence-corrected chi connectivity index (χ2v) is 9.66. The molecule has 4 atom stereocenters. The average molecular weight is 434 g/mol. The minimum atomic E-state index is -0.000958. The first-order chi connectivity index (χ1) is 15.5. The highest BCUT2D eigenvalue weighted by molar-refractivity contribution is 5.86. The van der Waals surface area contributed by atoms with Gasteiger partial charge in [-0.25, -0.2) is 9.97 Å². The van der Waals surface area contributed by atoms with Gasteiger partial charge in [-0.1, -0.05) is 6.07 Å². The van der Waals surface area contributed by atoms with Crippen LogP contribution in [-0.4, -0.2) is 64.9 Å². The Morgan fingerprint density at radius 2 is 1.91 bits per heavy atom. The van der Waals surface area contributed by atoms with E-state index in [1.165, 1.54) is 18.4 Å². The van der Waals surface area contributed by atoms with Crippen molar-refractivity contribution in [3.8, 4) is 17.1 Å². The molecule has 0 amide bonds. The van der Waals surface area contributed by atoms with Crippen LogP contribution in [-0.2, 0) is 11.3 Å². The van der Waals surface area contributed by atoms with Crippen LogP contribution in [0.5, 0.6) is 5.75 Å². The Hall–Kier alpha value is -2.64. The lowest BCUT2D eigenvalue weighted by Crippen LogP contribution is -2.44. The molecular formula is C25H31N5O2. The number of nitrogens with zero attached hydrogens (tertiary/aromatic N) is 5. The molecule has 0 N–H and O–H groups in total. The van der Waals surface area contributed by atoms with Crippen LogP contribution in [0.15, 0.2) is 30.5 Å². The monoisotopic (exact) mass is 433 g/mol. The Morgan fingerprint density at radius 1 is 1.09 bits per heavy atom. The molecule has 5 heterocycles. The first-order valence-corrected chi connectivity index (χ1v) is 11.7. The summed E-state index contributed by atoms with van der Waals surface area (Å²) in [6.07, 6.45) is 4.47. The maximum atomic E-state index is 6.74. The van der Waals surface area contributed by atoms with Crippen molar-refractivity contribution in [2.24, 2.45) is 0 Å². The van der Waals surface area contributed by atoms with Crippen molar-refractivity contribution in [1.29, 1.82) is 0 Å². The van der Waals surface area contributed by atoms with Crippen molar-refractivity contribution in [3.63, 3.8) is 0 Å². The largest absolute Gasteiger partial charge is 0.494 e. The van der Waals surface area contributed by atoms with E-state index in [-0.39, 0.29) is 12.2 Å². The van der Waals surface area contributed by atoms with Crippen molar-refractivity contribution in [3.05, 3.63) is 36.0 Å². The maximum absolute atomic E-state index is 6.74. The molecule has 7 heteroatoms. The van der Waals surface area contributed by atoms with Gasteiger partial charge in [-0.05, 0) is 51.9 Å². The number of benzene rings is 1. The number of hydrogen-bond acceptors (Lipinski definition) is 6. The summed E-state index contributed by atoms with van der Waals surface area (Å²) in [4.78, 5) is 15.0. The van der Waals surface area contributed by atoms with Gasteiger partial charge in [0.2, 0.25) is 0 Å². The van der Waals surface area contributed by atoms with Gasteiger partial charge in [0.15, 0.2) is 0 Å². The Kier molecular flexibility index (Phi) is 4.66. The molecule has 0 saturated carbocycles. The zero-order chi connectivity index (χ0) is 22.0. The molecule has 4 bridgehead atoms. The second-order valence-electron chi connectivity index (χ2n) is 9.66. The topological polar surface area (TPSA) is 55.6 Å². The Bertz CT molecular complexity index is 1160. The summed E-state index contributed by atoms with van der Waals surface area (Å²) in [7, 11) is 3.91. The number of para-hydroxylation sites is 1. The standard InChI is InChI=1S/C25H31N5O2/c1-15-8-9-16(2)30(15)25-19-10-17(11-26-25)24-27-20-6-5-7-21(31-4)23(20)29(24)13-18-12-28(3)14-22(19)32-18/h5-7,10-11,15-16,18,22H,8-9,12-14H2,1-4H3/t15-,16-,18?,22+/m0/s1. The zero-order valence-electron chi connectivity index (χ0n) is 19.3. The molecule has 3 aliphatic rings. The van der Waals surface area contributed by atoms with E-state index < -0.39 is 0 Å². The van der Waals surface area contributed by atoms with Crippen molar-refractivity contribution in [2.45, 2.75) is 57.5 Å². The number of fused-ring (bicyclic) bond motifs is 9. The maximum Gasteiger partial charge on any atom is 0.144 e. The summed E-state index contributed by atoms with van der Waals surface area (Å²) in [6.45, 7) is 7.11. The first kappa shape index (κ1) is 20.0. The lowest BCUT2D eigenvalue weighted by molar-refractivity contribution is -0.0856. The highest BCUT2D eigenvalue weighted by Gasteiger charge is 2.36. The molecule has 1 unspecified atom stereocenters. The minimum Gasteiger partial charge on any atom is -0.494 e. The number of imidazole rings is 1. The SMILES string of the molecule is COc1cccc2nc3n(c12)CC1CN(C)C[C@@H](O1)c1cc-3cnc1N1[C@@H](C)CC[C@@H]1C. The van der Waals surface area contributed by atoms with Crippen molar-refractivity contribution >= 4 is 16.9 Å². The van der Waals surface area contributed by atoms with E-state index in [4.69, 9.17) is 19.4 Å². The van der Waals surface area contributed by atoms with Gasteiger partial charge >= 0.3 is 0 Å². The summed E-state index contributed by atoms with van der Waals surface area (Å²) in [5.41, 5.74) is 4.19. The molecule has 2 saturated heterocycles. The van der Waals surface area contributed by atoms with Crippen LogP contribution in [0.4, 0.5) is 5.82 Å². The molecule has 0 aliphatic carbocycles. The van der Waals surface area contributed by atoms with Gasteiger partial charge in [0.05, 0.1) is 31.4 Å². The minimum absolute atomic E-state index is 0.000958. The fraction of sp³-hybridized carbons (Fsp3) is 0.520. The van der Waals surface area contributed by atoms with Crippen LogP contribution >= 0.6 is 0 Å². The number of pyridine rings is 1. The van der Waals surface area contributed by atoms with Crippen molar-refractivity contribution in [2.75, 3.05) is 32.1 Å². The van der Waals surface area contributed by atoms with Gasteiger partial charge in [0.25, 0.3) is 0 Å². The molecule has 7 nitrogen and oxygen atoms in total. The summed E-state index contributed by atoms with van der Waals surface area (Å²) in [6, 6.07) is 9.30. The van der Waals surface area contributed by atoms with Gasteiger partial charge in [0, 0.05) is 42.5 Å². The van der Waals surface area contributed by atoms with E-state index >= 15 is 0 Å². The number of rotatable bonds is 2. The van der Waals surface area contributed by atoms with Crippen molar-refractivity contribution in [1.82, 2.24) is 19.4 Å². The number of anilines is 1. The van der Waals surface area contributed by atoms with E-state index in [1.807, 2.05) is 18.3 Å². The van der Waals surface area contributed by atoms with Gasteiger partial charge in [0.1, 0.15) is 22.9 Å². The molecule has 0 radical (unpaired) electrons. The van der Waals surface area contributed by atoms with Crippen LogP contribution in [0.1, 0.15) is 38.4 Å². The fourth-order valence-corrected chi connectivity index (χ4v) is 5.88. The number of likely N-dealkylation sites (N-methyl/N-ethyl adjacent to an activating group) is 1. The Labute approximate surface area is 189 Å².